The van der Waals surface area contributed by atoms with Crippen molar-refractivity contribution in [3.05, 3.63) is 24.0 Å². The summed E-state index contributed by atoms with van der Waals surface area (Å²) in [5.74, 6) is -0.0680. The van der Waals surface area contributed by atoms with Crippen LogP contribution in [0, 0.1) is 0 Å². The van der Waals surface area contributed by atoms with Crippen LogP contribution in [0.5, 0.6) is 0 Å². The monoisotopic (exact) mass is 235 g/mol. The molecule has 0 atom stereocenters. The van der Waals surface area contributed by atoms with Crippen LogP contribution >= 0.6 is 0 Å². The van der Waals surface area contributed by atoms with E-state index in [4.69, 9.17) is 0 Å². The highest BCUT2D eigenvalue weighted by Gasteiger charge is 2.10. The summed E-state index contributed by atoms with van der Waals surface area (Å²) in [6.45, 7) is 9.88. The van der Waals surface area contributed by atoms with Gasteiger partial charge in [-0.15, -0.1) is 0 Å². The van der Waals surface area contributed by atoms with Crippen molar-refractivity contribution >= 4 is 11.6 Å². The van der Waals surface area contributed by atoms with Gasteiger partial charge in [0.25, 0.3) is 5.91 Å². The van der Waals surface area contributed by atoms with Crippen LogP contribution in [-0.4, -0.2) is 30.0 Å². The molecule has 4 heteroatoms. The van der Waals surface area contributed by atoms with E-state index in [0.29, 0.717) is 5.56 Å². The molecule has 0 saturated carbocycles. The smallest absolute Gasteiger partial charge is 0.253 e. The van der Waals surface area contributed by atoms with E-state index in [2.05, 4.69) is 29.0 Å². The molecule has 0 bridgehead atoms. The number of rotatable bonds is 5. The predicted octanol–water partition coefficient (Wildman–Crippen LogP) is 2.07. The summed E-state index contributed by atoms with van der Waals surface area (Å²) in [4.78, 5) is 18.1. The highest BCUT2D eigenvalue weighted by Crippen LogP contribution is 2.14. The van der Waals surface area contributed by atoms with E-state index in [9.17, 15) is 4.79 Å². The second kappa shape index (κ2) is 6.23. The average molecular weight is 235 g/mol. The summed E-state index contributed by atoms with van der Waals surface area (Å²) in [5.41, 5.74) is 1.61. The fourth-order valence-electron chi connectivity index (χ4n) is 1.66. The van der Waals surface area contributed by atoms with Crippen molar-refractivity contribution in [2.75, 3.05) is 18.0 Å². The van der Waals surface area contributed by atoms with Crippen LogP contribution in [0.1, 0.15) is 38.1 Å². The Kier molecular flexibility index (Phi) is 4.94. The molecule has 0 unspecified atom stereocenters. The molecule has 1 N–H and O–H groups in total. The standard InChI is InChI=1S/C13H21N3O/c1-5-16(6-2)12-7-11(8-14-9-12)13(17)15-10(3)4/h7-10H,5-6H2,1-4H3,(H,15,17). The second-order valence-electron chi connectivity index (χ2n) is 4.23. The first-order valence-corrected chi connectivity index (χ1v) is 6.09. The van der Waals surface area contributed by atoms with E-state index < -0.39 is 0 Å². The van der Waals surface area contributed by atoms with E-state index in [-0.39, 0.29) is 11.9 Å². The van der Waals surface area contributed by atoms with E-state index in [1.165, 1.54) is 0 Å². The number of hydrogen-bond donors (Lipinski definition) is 1. The zero-order chi connectivity index (χ0) is 12.8. The number of hydrogen-bond acceptors (Lipinski definition) is 3. The lowest BCUT2D eigenvalue weighted by atomic mass is 10.2. The first kappa shape index (κ1) is 13.5. The number of amides is 1. The van der Waals surface area contributed by atoms with Gasteiger partial charge in [0, 0.05) is 25.3 Å². The van der Waals surface area contributed by atoms with Gasteiger partial charge in [0.1, 0.15) is 0 Å². The van der Waals surface area contributed by atoms with Crippen LogP contribution in [0.2, 0.25) is 0 Å². The van der Waals surface area contributed by atoms with Crippen molar-refractivity contribution in [1.29, 1.82) is 0 Å². The van der Waals surface area contributed by atoms with E-state index in [1.807, 2.05) is 19.9 Å². The van der Waals surface area contributed by atoms with Gasteiger partial charge in [-0.1, -0.05) is 0 Å². The first-order valence-electron chi connectivity index (χ1n) is 6.09. The quantitative estimate of drug-likeness (QED) is 0.849. The molecule has 1 amide bonds. The molecule has 1 rings (SSSR count). The van der Waals surface area contributed by atoms with Crippen LogP contribution in [0.3, 0.4) is 0 Å². The van der Waals surface area contributed by atoms with Crippen molar-refractivity contribution in [2.45, 2.75) is 33.7 Å². The SMILES string of the molecule is CCN(CC)c1cncc(C(=O)NC(C)C)c1. The Labute approximate surface area is 103 Å². The molecule has 1 aromatic rings. The van der Waals surface area contributed by atoms with Crippen LogP contribution in [0.25, 0.3) is 0 Å². The third-order valence-corrected chi connectivity index (χ3v) is 2.53. The van der Waals surface area contributed by atoms with Gasteiger partial charge in [-0.05, 0) is 33.8 Å². The summed E-state index contributed by atoms with van der Waals surface area (Å²) < 4.78 is 0. The molecular formula is C13H21N3O. The summed E-state index contributed by atoms with van der Waals surface area (Å²) >= 11 is 0. The third kappa shape index (κ3) is 3.73. The van der Waals surface area contributed by atoms with Gasteiger partial charge in [-0.25, -0.2) is 0 Å². The Morgan fingerprint density at radius 1 is 1.35 bits per heavy atom. The van der Waals surface area contributed by atoms with Crippen molar-refractivity contribution in [1.82, 2.24) is 10.3 Å². The molecule has 1 heterocycles. The minimum Gasteiger partial charge on any atom is -0.371 e. The Morgan fingerprint density at radius 2 is 2.00 bits per heavy atom. The minimum absolute atomic E-state index is 0.0680. The molecule has 0 radical (unpaired) electrons. The number of pyridine rings is 1. The van der Waals surface area contributed by atoms with Crippen LogP contribution < -0.4 is 10.2 Å². The molecule has 0 spiro atoms. The van der Waals surface area contributed by atoms with Crippen molar-refractivity contribution in [3.63, 3.8) is 0 Å². The fraction of sp³-hybridized carbons (Fsp3) is 0.538. The normalized spacial score (nSPS) is 10.4. The first-order chi connectivity index (χ1) is 8.08. The Morgan fingerprint density at radius 3 is 2.53 bits per heavy atom. The minimum atomic E-state index is -0.0680. The number of carbonyl (C=O) groups is 1. The number of nitrogens with zero attached hydrogens (tertiary/aromatic N) is 2. The lowest BCUT2D eigenvalue weighted by Gasteiger charge is -2.21. The van der Waals surface area contributed by atoms with E-state index >= 15 is 0 Å². The molecule has 0 aliphatic rings. The van der Waals surface area contributed by atoms with Gasteiger partial charge in [-0.3, -0.25) is 9.78 Å². The van der Waals surface area contributed by atoms with Gasteiger partial charge in [-0.2, -0.15) is 0 Å². The molecule has 0 aromatic carbocycles. The molecule has 0 aliphatic carbocycles. The van der Waals surface area contributed by atoms with Crippen LogP contribution in [0.4, 0.5) is 5.69 Å². The highest BCUT2D eigenvalue weighted by atomic mass is 16.1. The number of anilines is 1. The molecule has 94 valence electrons. The van der Waals surface area contributed by atoms with Crippen LogP contribution in [-0.2, 0) is 0 Å². The maximum atomic E-state index is 11.8. The Hall–Kier alpha value is -1.58. The largest absolute Gasteiger partial charge is 0.371 e. The average Bonchev–Trinajstić information content (AvgIpc) is 2.30. The number of nitrogens with one attached hydrogen (secondary N) is 1. The van der Waals surface area contributed by atoms with Crippen LogP contribution in [0.15, 0.2) is 18.5 Å². The Balaban J connectivity index is 2.88. The summed E-state index contributed by atoms with van der Waals surface area (Å²) in [5, 5.41) is 2.86. The van der Waals surface area contributed by atoms with Gasteiger partial charge in [0.05, 0.1) is 17.4 Å². The molecule has 0 aliphatic heterocycles. The number of carbonyl (C=O) groups excluding carboxylic acids is 1. The molecular weight excluding hydrogens is 214 g/mol. The van der Waals surface area contributed by atoms with Crippen molar-refractivity contribution in [3.8, 4) is 0 Å². The molecule has 1 aromatic heterocycles. The van der Waals surface area contributed by atoms with Gasteiger partial charge < -0.3 is 10.2 Å². The molecule has 4 nitrogen and oxygen atoms in total. The maximum Gasteiger partial charge on any atom is 0.253 e. The van der Waals surface area contributed by atoms with E-state index in [1.54, 1.807) is 12.4 Å². The van der Waals surface area contributed by atoms with Crippen molar-refractivity contribution < 1.29 is 4.79 Å². The molecule has 0 fully saturated rings. The predicted molar refractivity (Wildman–Crippen MR) is 70.4 cm³/mol. The van der Waals surface area contributed by atoms with E-state index in [0.717, 1.165) is 18.8 Å². The maximum absolute atomic E-state index is 11.8. The third-order valence-electron chi connectivity index (χ3n) is 2.53. The molecule has 17 heavy (non-hydrogen) atoms. The lowest BCUT2D eigenvalue weighted by Crippen LogP contribution is -2.30. The van der Waals surface area contributed by atoms with Gasteiger partial charge in [0.2, 0.25) is 0 Å². The second-order valence-corrected chi connectivity index (χ2v) is 4.23. The van der Waals surface area contributed by atoms with Gasteiger partial charge in [0.15, 0.2) is 0 Å². The topological polar surface area (TPSA) is 45.2 Å². The zero-order valence-corrected chi connectivity index (χ0v) is 11.0. The zero-order valence-electron chi connectivity index (χ0n) is 11.0. The van der Waals surface area contributed by atoms with Gasteiger partial charge >= 0.3 is 0 Å². The number of aromatic nitrogens is 1. The summed E-state index contributed by atoms with van der Waals surface area (Å²) in [6.07, 6.45) is 3.39. The summed E-state index contributed by atoms with van der Waals surface area (Å²) in [6, 6.07) is 2.03. The van der Waals surface area contributed by atoms with Crippen molar-refractivity contribution in [2.24, 2.45) is 0 Å². The lowest BCUT2D eigenvalue weighted by molar-refractivity contribution is 0.0943. The summed E-state index contributed by atoms with van der Waals surface area (Å²) in [7, 11) is 0. The molecule has 0 saturated heterocycles. The Bertz CT molecular complexity index is 373. The highest BCUT2D eigenvalue weighted by molar-refractivity contribution is 5.94. The fourth-order valence-corrected chi connectivity index (χ4v) is 1.66.